The maximum absolute atomic E-state index is 11.4. The largest absolute Gasteiger partial charge is 0.481 e. The van der Waals surface area contributed by atoms with Gasteiger partial charge in [0.25, 0.3) is 0 Å². The van der Waals surface area contributed by atoms with Crippen molar-refractivity contribution in [3.05, 3.63) is 0 Å². The van der Waals surface area contributed by atoms with Crippen molar-refractivity contribution in [2.75, 3.05) is 13.2 Å². The lowest BCUT2D eigenvalue weighted by atomic mass is 9.83. The molecule has 3 aliphatic rings. The number of carbonyl (C=O) groups is 1. The quantitative estimate of drug-likeness (QED) is 0.778. The van der Waals surface area contributed by atoms with Gasteiger partial charge in [-0.25, -0.2) is 0 Å². The first-order valence-corrected chi connectivity index (χ1v) is 6.82. The van der Waals surface area contributed by atoms with E-state index in [4.69, 9.17) is 4.74 Å². The van der Waals surface area contributed by atoms with Gasteiger partial charge in [-0.2, -0.15) is 0 Å². The molecule has 96 valence electrons. The van der Waals surface area contributed by atoms with Crippen LogP contribution in [0.25, 0.3) is 0 Å². The van der Waals surface area contributed by atoms with E-state index in [1.165, 1.54) is 6.42 Å². The molecule has 0 radical (unpaired) electrons. The number of carboxylic acids is 1. The standard InChI is InChI=1S/C13H21NO3/c15-13(16)11-8-1-2-9(7-8)12(11)14-10-3-5-17-6-4-10/h8-12,14H,1-7H2,(H,15,16). The molecule has 1 heterocycles. The third-order valence-corrected chi connectivity index (χ3v) is 4.85. The SMILES string of the molecule is O=C(O)C1C2CCC(C2)C1NC1CCOCC1. The predicted molar refractivity (Wildman–Crippen MR) is 62.7 cm³/mol. The van der Waals surface area contributed by atoms with Crippen molar-refractivity contribution in [1.82, 2.24) is 5.32 Å². The number of hydrogen-bond acceptors (Lipinski definition) is 3. The molecule has 1 saturated heterocycles. The van der Waals surface area contributed by atoms with Crippen LogP contribution in [-0.2, 0) is 9.53 Å². The molecule has 0 aromatic rings. The Morgan fingerprint density at radius 2 is 1.82 bits per heavy atom. The Labute approximate surface area is 102 Å². The van der Waals surface area contributed by atoms with E-state index in [9.17, 15) is 9.90 Å². The molecule has 0 spiro atoms. The monoisotopic (exact) mass is 239 g/mol. The highest BCUT2D eigenvalue weighted by Crippen LogP contribution is 2.48. The van der Waals surface area contributed by atoms with Gasteiger partial charge in [-0.1, -0.05) is 0 Å². The smallest absolute Gasteiger partial charge is 0.308 e. The fraction of sp³-hybridized carbons (Fsp3) is 0.923. The van der Waals surface area contributed by atoms with Crippen molar-refractivity contribution in [2.45, 2.75) is 44.2 Å². The van der Waals surface area contributed by atoms with E-state index < -0.39 is 5.97 Å². The summed E-state index contributed by atoms with van der Waals surface area (Å²) < 4.78 is 5.34. The Bertz CT molecular complexity index is 301. The highest BCUT2D eigenvalue weighted by Gasteiger charge is 2.51. The average Bonchev–Trinajstić information content (AvgIpc) is 2.90. The summed E-state index contributed by atoms with van der Waals surface area (Å²) in [5.41, 5.74) is 0. The Kier molecular flexibility index (Phi) is 3.09. The third kappa shape index (κ3) is 2.08. The summed E-state index contributed by atoms with van der Waals surface area (Å²) in [7, 11) is 0. The zero-order valence-corrected chi connectivity index (χ0v) is 10.1. The van der Waals surface area contributed by atoms with Crippen LogP contribution in [0.15, 0.2) is 0 Å². The minimum Gasteiger partial charge on any atom is -0.481 e. The molecule has 2 saturated carbocycles. The molecule has 2 bridgehead atoms. The fourth-order valence-electron chi connectivity index (χ4n) is 4.02. The van der Waals surface area contributed by atoms with Gasteiger partial charge >= 0.3 is 5.97 Å². The second-order valence-electron chi connectivity index (χ2n) is 5.78. The van der Waals surface area contributed by atoms with E-state index in [1.807, 2.05) is 0 Å². The van der Waals surface area contributed by atoms with Crippen LogP contribution in [0.3, 0.4) is 0 Å². The second kappa shape index (κ2) is 4.58. The normalized spacial score (nSPS) is 41.9. The molecule has 3 rings (SSSR count). The van der Waals surface area contributed by atoms with Gasteiger partial charge in [0.2, 0.25) is 0 Å². The Morgan fingerprint density at radius 3 is 2.53 bits per heavy atom. The number of nitrogens with one attached hydrogen (secondary N) is 1. The average molecular weight is 239 g/mol. The Morgan fingerprint density at radius 1 is 1.12 bits per heavy atom. The predicted octanol–water partition coefficient (Wildman–Crippen LogP) is 1.25. The highest BCUT2D eigenvalue weighted by molar-refractivity contribution is 5.72. The van der Waals surface area contributed by atoms with E-state index in [-0.39, 0.29) is 12.0 Å². The summed E-state index contributed by atoms with van der Waals surface area (Å²) in [6, 6.07) is 0.685. The van der Waals surface area contributed by atoms with Crippen LogP contribution in [0.5, 0.6) is 0 Å². The first kappa shape index (κ1) is 11.5. The molecule has 4 atom stereocenters. The molecule has 0 aromatic heterocycles. The van der Waals surface area contributed by atoms with Gasteiger partial charge in [0.05, 0.1) is 5.92 Å². The molecule has 4 heteroatoms. The second-order valence-corrected chi connectivity index (χ2v) is 5.78. The number of rotatable bonds is 3. The lowest BCUT2D eigenvalue weighted by Gasteiger charge is -2.34. The summed E-state index contributed by atoms with van der Waals surface area (Å²) in [6.07, 6.45) is 5.52. The van der Waals surface area contributed by atoms with Crippen molar-refractivity contribution < 1.29 is 14.6 Å². The van der Waals surface area contributed by atoms with Crippen molar-refractivity contribution >= 4 is 5.97 Å². The number of hydrogen-bond donors (Lipinski definition) is 2. The molecular weight excluding hydrogens is 218 g/mol. The zero-order valence-electron chi connectivity index (χ0n) is 10.1. The van der Waals surface area contributed by atoms with Gasteiger partial charge in [0.15, 0.2) is 0 Å². The summed E-state index contributed by atoms with van der Waals surface area (Å²) in [6.45, 7) is 1.63. The van der Waals surface area contributed by atoms with Gasteiger partial charge in [-0.05, 0) is 43.9 Å². The van der Waals surface area contributed by atoms with Crippen molar-refractivity contribution in [3.8, 4) is 0 Å². The molecule has 2 N–H and O–H groups in total. The van der Waals surface area contributed by atoms with Crippen LogP contribution in [0.1, 0.15) is 32.1 Å². The molecule has 4 unspecified atom stereocenters. The summed E-state index contributed by atoms with van der Waals surface area (Å²) in [5.74, 6) is 0.289. The topological polar surface area (TPSA) is 58.6 Å². The maximum Gasteiger partial charge on any atom is 0.308 e. The van der Waals surface area contributed by atoms with Crippen LogP contribution in [0.4, 0.5) is 0 Å². The van der Waals surface area contributed by atoms with Crippen molar-refractivity contribution in [2.24, 2.45) is 17.8 Å². The molecule has 1 aliphatic heterocycles. The van der Waals surface area contributed by atoms with Crippen LogP contribution in [0.2, 0.25) is 0 Å². The van der Waals surface area contributed by atoms with Crippen LogP contribution in [0, 0.1) is 17.8 Å². The van der Waals surface area contributed by atoms with Gasteiger partial charge in [-0.3, -0.25) is 4.79 Å². The summed E-state index contributed by atoms with van der Waals surface area (Å²) >= 11 is 0. The van der Waals surface area contributed by atoms with Crippen LogP contribution < -0.4 is 5.32 Å². The van der Waals surface area contributed by atoms with Gasteiger partial charge in [-0.15, -0.1) is 0 Å². The van der Waals surface area contributed by atoms with E-state index >= 15 is 0 Å². The van der Waals surface area contributed by atoms with Gasteiger partial charge in [0.1, 0.15) is 0 Å². The zero-order chi connectivity index (χ0) is 11.8. The summed E-state index contributed by atoms with van der Waals surface area (Å²) in [4.78, 5) is 11.4. The molecular formula is C13H21NO3. The van der Waals surface area contributed by atoms with Crippen molar-refractivity contribution in [3.63, 3.8) is 0 Å². The molecule has 3 fully saturated rings. The lowest BCUT2D eigenvalue weighted by Crippen LogP contribution is -2.50. The van der Waals surface area contributed by atoms with E-state index in [1.54, 1.807) is 0 Å². The minimum atomic E-state index is -0.596. The van der Waals surface area contributed by atoms with Crippen LogP contribution >= 0.6 is 0 Å². The van der Waals surface area contributed by atoms with Gasteiger partial charge in [0, 0.05) is 25.3 Å². The number of ether oxygens (including phenoxy) is 1. The minimum absolute atomic E-state index is 0.142. The molecule has 17 heavy (non-hydrogen) atoms. The first-order valence-electron chi connectivity index (χ1n) is 6.82. The molecule has 2 aliphatic carbocycles. The maximum atomic E-state index is 11.4. The van der Waals surface area contributed by atoms with Crippen molar-refractivity contribution in [1.29, 1.82) is 0 Å². The van der Waals surface area contributed by atoms with E-state index in [0.29, 0.717) is 17.9 Å². The Hall–Kier alpha value is -0.610. The van der Waals surface area contributed by atoms with Gasteiger partial charge < -0.3 is 15.2 Å². The molecule has 4 nitrogen and oxygen atoms in total. The number of aliphatic carboxylic acids is 1. The fourth-order valence-corrected chi connectivity index (χ4v) is 4.02. The molecule has 0 amide bonds. The van der Waals surface area contributed by atoms with E-state index in [2.05, 4.69) is 5.32 Å². The number of fused-ring (bicyclic) bond motifs is 2. The lowest BCUT2D eigenvalue weighted by molar-refractivity contribution is -0.144. The highest BCUT2D eigenvalue weighted by atomic mass is 16.5. The third-order valence-electron chi connectivity index (χ3n) is 4.85. The summed E-state index contributed by atoms with van der Waals surface area (Å²) in [5, 5.41) is 13.0. The molecule has 0 aromatic carbocycles. The van der Waals surface area contributed by atoms with E-state index in [0.717, 1.165) is 38.9 Å². The first-order chi connectivity index (χ1) is 8.25. The van der Waals surface area contributed by atoms with Crippen LogP contribution in [-0.4, -0.2) is 36.4 Å². The Balaban J connectivity index is 1.66. The number of carboxylic acid groups (broad SMARTS) is 1.